The molecule has 1 aromatic heterocycles. The molecular weight excluding hydrogens is 504 g/mol. The van der Waals surface area contributed by atoms with Crippen molar-refractivity contribution in [3.8, 4) is 5.75 Å². The number of rotatable bonds is 4. The number of aliphatic hydroxyl groups is 3. The molecule has 0 saturated carbocycles. The Hall–Kier alpha value is -3.15. The number of Topliss-reactive ketones (excluding diaryl/α,β-unsaturated/α-hetero) is 2. The molecule has 11 nitrogen and oxygen atoms in total. The summed E-state index contributed by atoms with van der Waals surface area (Å²) in [5, 5.41) is 47.7. The maximum atomic E-state index is 13.7. The Kier molecular flexibility index (Phi) is 6.33. The molecule has 4 rings (SSSR count). The highest BCUT2D eigenvalue weighted by Gasteiger charge is 2.63. The van der Waals surface area contributed by atoms with Crippen LogP contribution in [0.5, 0.6) is 5.75 Å². The van der Waals surface area contributed by atoms with Gasteiger partial charge in [0, 0.05) is 23.6 Å². The van der Waals surface area contributed by atoms with Crippen LogP contribution in [0.25, 0.3) is 0 Å². The van der Waals surface area contributed by atoms with Crippen molar-refractivity contribution in [1.82, 2.24) is 9.88 Å². The van der Waals surface area contributed by atoms with Gasteiger partial charge in [-0.2, -0.15) is 0 Å². The smallest absolute Gasteiger partial charge is 0.255 e. The molecule has 4 atom stereocenters. The number of aromatic hydroxyl groups is 1. The number of halogens is 1. The minimum Gasteiger partial charge on any atom is -0.510 e. The lowest BCUT2D eigenvalue weighted by Crippen LogP contribution is -2.63. The normalized spacial score (nSPS) is 27.7. The summed E-state index contributed by atoms with van der Waals surface area (Å²) in [5.41, 5.74) is 1.46. The van der Waals surface area contributed by atoms with Crippen LogP contribution in [0, 0.1) is 17.3 Å². The van der Waals surface area contributed by atoms with Gasteiger partial charge in [0.25, 0.3) is 5.91 Å². The zero-order valence-corrected chi connectivity index (χ0v) is 22.0. The highest BCUT2D eigenvalue weighted by molar-refractivity contribution is 6.32. The number of fused-ring (bicyclic) bond motifs is 3. The summed E-state index contributed by atoms with van der Waals surface area (Å²) in [6.45, 7) is 6.29. The molecule has 3 aliphatic rings. The maximum absolute atomic E-state index is 13.7. The lowest BCUT2D eigenvalue weighted by Gasteiger charge is -2.50. The van der Waals surface area contributed by atoms with Gasteiger partial charge in [-0.15, -0.1) is 0 Å². The van der Waals surface area contributed by atoms with Gasteiger partial charge in [0.1, 0.15) is 22.2 Å². The molecule has 0 spiro atoms. The van der Waals surface area contributed by atoms with Gasteiger partial charge in [-0.25, -0.2) is 4.98 Å². The Balaban J connectivity index is 1.90. The molecule has 12 heteroatoms. The number of pyridine rings is 1. The average Bonchev–Trinajstić information content (AvgIpc) is 2.76. The summed E-state index contributed by atoms with van der Waals surface area (Å²) in [4.78, 5) is 44.8. The van der Waals surface area contributed by atoms with E-state index in [1.165, 1.54) is 4.90 Å². The Bertz CT molecular complexity index is 1300. The number of likely N-dealkylation sites (N-methyl/N-ethyl adjacent to an activating group) is 1. The topological polar surface area (TPSA) is 186 Å². The van der Waals surface area contributed by atoms with Crippen LogP contribution < -0.4 is 11.1 Å². The average molecular weight is 535 g/mol. The van der Waals surface area contributed by atoms with Crippen molar-refractivity contribution in [3.63, 3.8) is 0 Å². The number of ketones is 2. The van der Waals surface area contributed by atoms with E-state index in [1.807, 2.05) is 20.8 Å². The zero-order valence-electron chi connectivity index (χ0n) is 21.2. The molecule has 0 aromatic carbocycles. The van der Waals surface area contributed by atoms with Crippen LogP contribution in [0.4, 0.5) is 5.82 Å². The number of nitrogens with zero attached hydrogens (tertiary/aromatic N) is 2. The van der Waals surface area contributed by atoms with Gasteiger partial charge < -0.3 is 31.5 Å². The molecule has 0 aliphatic heterocycles. The van der Waals surface area contributed by atoms with E-state index in [1.54, 1.807) is 14.1 Å². The maximum Gasteiger partial charge on any atom is 0.255 e. The second kappa shape index (κ2) is 8.71. The predicted octanol–water partition coefficient (Wildman–Crippen LogP) is 1.63. The summed E-state index contributed by atoms with van der Waals surface area (Å²) in [6, 6.07) is -1.06. The largest absolute Gasteiger partial charge is 0.510 e. The van der Waals surface area contributed by atoms with Crippen molar-refractivity contribution in [1.29, 1.82) is 0 Å². The van der Waals surface area contributed by atoms with Crippen LogP contribution >= 0.6 is 11.6 Å². The lowest BCUT2D eigenvalue weighted by atomic mass is 9.58. The van der Waals surface area contributed by atoms with E-state index in [0.717, 1.165) is 0 Å². The number of aliphatic hydroxyl groups excluding tert-OH is 2. The SMILES string of the molecule is CN(C)[C@@H]1C(O)=C(C(N)=O)C(=O)[C@@]2(O)C(O)=C3C(=O)c4c(O)c(NCC(C)(C)C)nc(Cl)c4C[C@H]3C[C@@H]12. The molecule has 0 unspecified atom stereocenters. The molecule has 0 saturated heterocycles. The Morgan fingerprint density at radius 3 is 2.41 bits per heavy atom. The van der Waals surface area contributed by atoms with Crippen LogP contribution in [-0.2, 0) is 16.0 Å². The molecule has 7 N–H and O–H groups in total. The van der Waals surface area contributed by atoms with E-state index in [2.05, 4.69) is 10.3 Å². The van der Waals surface area contributed by atoms with E-state index in [4.69, 9.17) is 17.3 Å². The second-order valence-corrected chi connectivity index (χ2v) is 11.7. The van der Waals surface area contributed by atoms with Crippen molar-refractivity contribution >= 4 is 34.9 Å². The second-order valence-electron chi connectivity index (χ2n) is 11.3. The van der Waals surface area contributed by atoms with E-state index >= 15 is 0 Å². The third-order valence-electron chi connectivity index (χ3n) is 7.32. The molecule has 0 bridgehead atoms. The van der Waals surface area contributed by atoms with E-state index < -0.39 is 63.8 Å². The fraction of sp³-hybridized carbons (Fsp3) is 0.520. The summed E-state index contributed by atoms with van der Waals surface area (Å²) in [5.74, 6) is -7.21. The standard InChI is InChI=1S/C25H31ClN4O7/c1-24(2,3)8-28-23-18(33)13-10(21(26)29-23)6-9-7-11-15(30(4)5)17(32)14(22(27)36)20(35)25(11,37)19(34)12(9)16(13)31/h9,11,15,32-34,37H,6-8H2,1-5H3,(H2,27,36)(H,28,29)/t9-,11-,15-,25-/m0/s1. The molecule has 1 amide bonds. The first kappa shape index (κ1) is 26.9. The summed E-state index contributed by atoms with van der Waals surface area (Å²) >= 11 is 6.44. The van der Waals surface area contributed by atoms with Crippen molar-refractivity contribution < 1.29 is 34.8 Å². The monoisotopic (exact) mass is 534 g/mol. The number of primary amides is 1. The minimum atomic E-state index is -2.69. The van der Waals surface area contributed by atoms with Crippen LogP contribution in [0.2, 0.25) is 5.15 Å². The van der Waals surface area contributed by atoms with Crippen LogP contribution in [0.15, 0.2) is 22.7 Å². The number of nitrogens with one attached hydrogen (secondary N) is 1. The number of hydrogen-bond acceptors (Lipinski definition) is 10. The van der Waals surface area contributed by atoms with Crippen molar-refractivity contribution in [2.45, 2.75) is 45.3 Å². The molecule has 0 radical (unpaired) electrons. The van der Waals surface area contributed by atoms with Crippen molar-refractivity contribution in [2.24, 2.45) is 23.0 Å². The van der Waals surface area contributed by atoms with Crippen LogP contribution in [-0.4, -0.2) is 80.1 Å². The van der Waals surface area contributed by atoms with E-state index in [9.17, 15) is 34.8 Å². The van der Waals surface area contributed by atoms with Crippen molar-refractivity contribution in [2.75, 3.05) is 26.0 Å². The Labute approximate surface area is 218 Å². The van der Waals surface area contributed by atoms with Gasteiger partial charge in [-0.3, -0.25) is 19.3 Å². The number of hydrogen-bond donors (Lipinski definition) is 6. The minimum absolute atomic E-state index is 0.000396. The predicted molar refractivity (Wildman–Crippen MR) is 134 cm³/mol. The third-order valence-corrected chi connectivity index (χ3v) is 7.64. The van der Waals surface area contributed by atoms with Crippen LogP contribution in [0.1, 0.15) is 43.1 Å². The quantitative estimate of drug-likeness (QED) is 0.245. The van der Waals surface area contributed by atoms with Gasteiger partial charge in [-0.1, -0.05) is 32.4 Å². The number of anilines is 1. The van der Waals surface area contributed by atoms with Gasteiger partial charge in [0.2, 0.25) is 5.78 Å². The molecule has 0 fully saturated rings. The highest BCUT2D eigenvalue weighted by atomic mass is 35.5. The number of amides is 1. The summed E-state index contributed by atoms with van der Waals surface area (Å²) < 4.78 is 0. The summed E-state index contributed by atoms with van der Waals surface area (Å²) in [6.07, 6.45) is 0.0559. The number of aromatic nitrogens is 1. The van der Waals surface area contributed by atoms with Gasteiger partial charge >= 0.3 is 0 Å². The molecule has 3 aliphatic carbocycles. The molecular formula is C25H31ClN4O7. The van der Waals surface area contributed by atoms with Gasteiger partial charge in [0.15, 0.2) is 23.0 Å². The first-order valence-electron chi connectivity index (χ1n) is 11.8. The van der Waals surface area contributed by atoms with Gasteiger partial charge in [0.05, 0.1) is 11.6 Å². The molecule has 37 heavy (non-hydrogen) atoms. The molecule has 200 valence electrons. The van der Waals surface area contributed by atoms with Gasteiger partial charge in [-0.05, 0) is 38.3 Å². The van der Waals surface area contributed by atoms with E-state index in [0.29, 0.717) is 6.54 Å². The number of carbonyl (C=O) groups is 3. The highest BCUT2D eigenvalue weighted by Crippen LogP contribution is 2.53. The Morgan fingerprint density at radius 2 is 1.86 bits per heavy atom. The van der Waals surface area contributed by atoms with Crippen molar-refractivity contribution in [3.05, 3.63) is 38.9 Å². The lowest BCUT2D eigenvalue weighted by molar-refractivity contribution is -0.148. The summed E-state index contributed by atoms with van der Waals surface area (Å²) in [7, 11) is 3.14. The zero-order chi connectivity index (χ0) is 27.8. The molecule has 1 aromatic rings. The third kappa shape index (κ3) is 3.96. The first-order chi connectivity index (χ1) is 17.0. The first-order valence-corrected chi connectivity index (χ1v) is 12.2. The van der Waals surface area contributed by atoms with Crippen LogP contribution in [0.3, 0.4) is 0 Å². The fourth-order valence-corrected chi connectivity index (χ4v) is 5.89. The number of allylic oxidation sites excluding steroid dienone is 1. The number of nitrogens with two attached hydrogens (primary N) is 1. The van der Waals surface area contributed by atoms with E-state index in [-0.39, 0.29) is 45.9 Å². The number of carbonyl (C=O) groups excluding carboxylic acids is 3. The molecule has 1 heterocycles. The fourth-order valence-electron chi connectivity index (χ4n) is 5.64. The Morgan fingerprint density at radius 1 is 1.24 bits per heavy atom.